The third-order valence-corrected chi connectivity index (χ3v) is 3.60. The predicted molar refractivity (Wildman–Crippen MR) is 95.8 cm³/mol. The minimum absolute atomic E-state index is 0.650. The van der Waals surface area contributed by atoms with E-state index in [-0.39, 0.29) is 0 Å². The molecule has 0 aromatic heterocycles. The van der Waals surface area contributed by atoms with Crippen LogP contribution < -0.4 is 19.1 Å². The van der Waals surface area contributed by atoms with Crippen molar-refractivity contribution >= 4 is 17.8 Å². The van der Waals surface area contributed by atoms with Gasteiger partial charge in [-0.25, -0.2) is 0 Å². The van der Waals surface area contributed by atoms with E-state index in [0.29, 0.717) is 11.5 Å². The standard InChI is InChI=1S/C19H23NO3/c1-20(2)16-10-7-14(8-11-16)6-9-15-12-18(22-4)19(23-5)13-17(15)21-3/h6-13H,1-5H3. The summed E-state index contributed by atoms with van der Waals surface area (Å²) >= 11 is 0. The first-order valence-corrected chi connectivity index (χ1v) is 7.34. The molecule has 0 aliphatic heterocycles. The van der Waals surface area contributed by atoms with Gasteiger partial charge in [0.15, 0.2) is 11.5 Å². The van der Waals surface area contributed by atoms with E-state index in [2.05, 4.69) is 29.2 Å². The fourth-order valence-electron chi connectivity index (χ4n) is 2.25. The quantitative estimate of drug-likeness (QED) is 0.756. The summed E-state index contributed by atoms with van der Waals surface area (Å²) in [5.74, 6) is 2.07. The molecule has 0 aliphatic carbocycles. The highest BCUT2D eigenvalue weighted by molar-refractivity contribution is 5.75. The summed E-state index contributed by atoms with van der Waals surface area (Å²) in [4.78, 5) is 2.07. The first-order valence-electron chi connectivity index (χ1n) is 7.34. The minimum Gasteiger partial charge on any atom is -0.496 e. The van der Waals surface area contributed by atoms with E-state index in [1.165, 1.54) is 5.69 Å². The monoisotopic (exact) mass is 313 g/mol. The SMILES string of the molecule is COc1cc(OC)c(OC)cc1C=Cc1ccc(N(C)C)cc1. The van der Waals surface area contributed by atoms with E-state index in [0.717, 1.165) is 16.9 Å². The zero-order valence-electron chi connectivity index (χ0n) is 14.3. The van der Waals surface area contributed by atoms with Crippen LogP contribution in [0, 0.1) is 0 Å². The maximum atomic E-state index is 5.43. The molecule has 0 aliphatic rings. The third-order valence-electron chi connectivity index (χ3n) is 3.60. The number of hydrogen-bond donors (Lipinski definition) is 0. The number of methoxy groups -OCH3 is 3. The molecule has 0 amide bonds. The first kappa shape index (κ1) is 16.7. The fourth-order valence-corrected chi connectivity index (χ4v) is 2.25. The van der Waals surface area contributed by atoms with Gasteiger partial charge in [-0.3, -0.25) is 0 Å². The summed E-state index contributed by atoms with van der Waals surface area (Å²) in [6.45, 7) is 0. The Morgan fingerprint density at radius 3 is 1.83 bits per heavy atom. The molecule has 2 aromatic carbocycles. The largest absolute Gasteiger partial charge is 0.496 e. The molecule has 0 saturated heterocycles. The number of rotatable bonds is 6. The summed E-state index contributed by atoms with van der Waals surface area (Å²) in [6, 6.07) is 12.1. The second-order valence-corrected chi connectivity index (χ2v) is 5.27. The second kappa shape index (κ2) is 7.58. The fraction of sp³-hybridized carbons (Fsp3) is 0.263. The van der Waals surface area contributed by atoms with Crippen molar-refractivity contribution in [3.05, 3.63) is 47.5 Å². The second-order valence-electron chi connectivity index (χ2n) is 5.27. The Balaban J connectivity index is 2.30. The molecule has 0 N–H and O–H groups in total. The summed E-state index contributed by atoms with van der Waals surface area (Å²) in [5.41, 5.74) is 3.22. The van der Waals surface area contributed by atoms with Crippen LogP contribution in [0.25, 0.3) is 12.2 Å². The van der Waals surface area contributed by atoms with Crippen molar-refractivity contribution in [1.82, 2.24) is 0 Å². The number of nitrogens with zero attached hydrogens (tertiary/aromatic N) is 1. The van der Waals surface area contributed by atoms with Gasteiger partial charge in [0.05, 0.1) is 21.3 Å². The van der Waals surface area contributed by atoms with Crippen LogP contribution in [0.2, 0.25) is 0 Å². The highest BCUT2D eigenvalue weighted by Crippen LogP contribution is 2.35. The molecule has 0 unspecified atom stereocenters. The van der Waals surface area contributed by atoms with Crippen molar-refractivity contribution in [3.8, 4) is 17.2 Å². The van der Waals surface area contributed by atoms with E-state index in [4.69, 9.17) is 14.2 Å². The third kappa shape index (κ3) is 3.97. The van der Waals surface area contributed by atoms with Crippen molar-refractivity contribution in [1.29, 1.82) is 0 Å². The number of benzene rings is 2. The lowest BCUT2D eigenvalue weighted by atomic mass is 10.1. The van der Waals surface area contributed by atoms with E-state index in [9.17, 15) is 0 Å². The van der Waals surface area contributed by atoms with E-state index >= 15 is 0 Å². The predicted octanol–water partition coefficient (Wildman–Crippen LogP) is 3.95. The van der Waals surface area contributed by atoms with Crippen LogP contribution in [-0.2, 0) is 0 Å². The molecule has 122 valence electrons. The molecule has 0 bridgehead atoms. The van der Waals surface area contributed by atoms with E-state index in [1.807, 2.05) is 38.4 Å². The number of ether oxygens (including phenoxy) is 3. The Hall–Kier alpha value is -2.62. The van der Waals surface area contributed by atoms with Crippen molar-refractivity contribution in [3.63, 3.8) is 0 Å². The summed E-state index contributed by atoms with van der Waals surface area (Å²) in [7, 11) is 8.93. The molecule has 0 fully saturated rings. The molecule has 23 heavy (non-hydrogen) atoms. The average molecular weight is 313 g/mol. The van der Waals surface area contributed by atoms with Crippen LogP contribution >= 0.6 is 0 Å². The Morgan fingerprint density at radius 2 is 1.30 bits per heavy atom. The molecule has 0 heterocycles. The van der Waals surface area contributed by atoms with Crippen molar-refractivity contribution < 1.29 is 14.2 Å². The van der Waals surface area contributed by atoms with Crippen molar-refractivity contribution in [2.45, 2.75) is 0 Å². The number of anilines is 1. The highest BCUT2D eigenvalue weighted by Gasteiger charge is 2.09. The van der Waals surface area contributed by atoms with Crippen LogP contribution in [0.3, 0.4) is 0 Å². The normalized spacial score (nSPS) is 10.7. The topological polar surface area (TPSA) is 30.9 Å². The molecule has 0 radical (unpaired) electrons. The molecule has 0 saturated carbocycles. The maximum absolute atomic E-state index is 5.43. The summed E-state index contributed by atoms with van der Waals surface area (Å²) in [5, 5.41) is 0. The Morgan fingerprint density at radius 1 is 0.739 bits per heavy atom. The van der Waals surface area contributed by atoms with Gasteiger partial charge in [0.1, 0.15) is 5.75 Å². The van der Waals surface area contributed by atoms with Gasteiger partial charge < -0.3 is 19.1 Å². The van der Waals surface area contributed by atoms with Gasteiger partial charge in [0.25, 0.3) is 0 Å². The van der Waals surface area contributed by atoms with Crippen LogP contribution in [0.15, 0.2) is 36.4 Å². The lowest BCUT2D eigenvalue weighted by molar-refractivity contribution is 0.348. The van der Waals surface area contributed by atoms with Crippen LogP contribution in [0.1, 0.15) is 11.1 Å². The van der Waals surface area contributed by atoms with Gasteiger partial charge in [-0.2, -0.15) is 0 Å². The van der Waals surface area contributed by atoms with Crippen molar-refractivity contribution in [2.75, 3.05) is 40.3 Å². The molecular weight excluding hydrogens is 290 g/mol. The summed E-state index contributed by atoms with van der Waals surface area (Å²) < 4.78 is 16.1. The van der Waals surface area contributed by atoms with Gasteiger partial charge in [0, 0.05) is 31.4 Å². The van der Waals surface area contributed by atoms with Gasteiger partial charge in [-0.05, 0) is 23.8 Å². The highest BCUT2D eigenvalue weighted by atomic mass is 16.5. The van der Waals surface area contributed by atoms with Crippen LogP contribution in [-0.4, -0.2) is 35.4 Å². The van der Waals surface area contributed by atoms with E-state index in [1.54, 1.807) is 21.3 Å². The Labute approximate surface area is 137 Å². The molecular formula is C19H23NO3. The van der Waals surface area contributed by atoms with Crippen LogP contribution in [0.5, 0.6) is 17.2 Å². The maximum Gasteiger partial charge on any atom is 0.164 e. The Kier molecular flexibility index (Phi) is 5.52. The van der Waals surface area contributed by atoms with Gasteiger partial charge in [-0.15, -0.1) is 0 Å². The van der Waals surface area contributed by atoms with E-state index < -0.39 is 0 Å². The van der Waals surface area contributed by atoms with Crippen LogP contribution in [0.4, 0.5) is 5.69 Å². The average Bonchev–Trinajstić information content (AvgIpc) is 2.59. The van der Waals surface area contributed by atoms with Gasteiger partial charge in [0.2, 0.25) is 0 Å². The zero-order chi connectivity index (χ0) is 16.8. The van der Waals surface area contributed by atoms with Crippen molar-refractivity contribution in [2.24, 2.45) is 0 Å². The molecule has 2 rings (SSSR count). The summed E-state index contributed by atoms with van der Waals surface area (Å²) in [6.07, 6.45) is 4.05. The smallest absolute Gasteiger partial charge is 0.164 e. The van der Waals surface area contributed by atoms with Gasteiger partial charge >= 0.3 is 0 Å². The first-order chi connectivity index (χ1) is 11.1. The Bertz CT molecular complexity index is 676. The lowest BCUT2D eigenvalue weighted by Crippen LogP contribution is -2.07. The minimum atomic E-state index is 0.650. The number of hydrogen-bond acceptors (Lipinski definition) is 4. The molecule has 4 nitrogen and oxygen atoms in total. The lowest BCUT2D eigenvalue weighted by Gasteiger charge is -2.12. The molecule has 4 heteroatoms. The molecule has 2 aromatic rings. The van der Waals surface area contributed by atoms with Gasteiger partial charge in [-0.1, -0.05) is 24.3 Å². The molecule has 0 atom stereocenters. The zero-order valence-corrected chi connectivity index (χ0v) is 14.3. The molecule has 0 spiro atoms.